The van der Waals surface area contributed by atoms with Crippen molar-refractivity contribution >= 4 is 27.3 Å². The van der Waals surface area contributed by atoms with Crippen molar-refractivity contribution in [3.8, 4) is 0 Å². The Kier molecular flexibility index (Phi) is 5.51. The molecule has 134 valence electrons. The Morgan fingerprint density at radius 2 is 1.88 bits per heavy atom. The maximum Gasteiger partial charge on any atom is 0.243 e. The summed E-state index contributed by atoms with van der Waals surface area (Å²) in [5, 5.41) is 4.87. The minimum absolute atomic E-state index is 0.0350. The Morgan fingerprint density at radius 3 is 2.48 bits per heavy atom. The third-order valence-electron chi connectivity index (χ3n) is 4.29. The molecule has 1 aliphatic rings. The Bertz CT molecular complexity index is 812. The minimum Gasteiger partial charge on any atom is -0.351 e. The molecule has 1 aromatic heterocycles. The summed E-state index contributed by atoms with van der Waals surface area (Å²) < 4.78 is 39.5. The van der Waals surface area contributed by atoms with E-state index >= 15 is 0 Å². The molecule has 0 saturated carbocycles. The molecule has 1 fully saturated rings. The Hall–Kier alpha value is -1.77. The lowest BCUT2D eigenvalue weighted by Gasteiger charge is -2.30. The lowest BCUT2D eigenvalue weighted by molar-refractivity contribution is -0.126. The average Bonchev–Trinajstić information content (AvgIpc) is 3.14. The minimum atomic E-state index is -3.64. The van der Waals surface area contributed by atoms with Crippen LogP contribution in [-0.2, 0) is 21.4 Å². The molecule has 0 radical (unpaired) electrons. The van der Waals surface area contributed by atoms with Gasteiger partial charge in [0.15, 0.2) is 0 Å². The molecule has 0 atom stereocenters. The van der Waals surface area contributed by atoms with Crippen LogP contribution in [-0.4, -0.2) is 31.7 Å². The van der Waals surface area contributed by atoms with E-state index in [1.54, 1.807) is 11.3 Å². The van der Waals surface area contributed by atoms with Crippen LogP contribution >= 0.6 is 11.3 Å². The number of hydrogen-bond donors (Lipinski definition) is 1. The molecule has 25 heavy (non-hydrogen) atoms. The summed E-state index contributed by atoms with van der Waals surface area (Å²) in [5.41, 5.74) is 0. The van der Waals surface area contributed by atoms with Crippen LogP contribution in [0.4, 0.5) is 4.39 Å². The van der Waals surface area contributed by atoms with Gasteiger partial charge in [0.2, 0.25) is 15.9 Å². The van der Waals surface area contributed by atoms with Crippen molar-refractivity contribution in [2.45, 2.75) is 24.3 Å². The zero-order valence-corrected chi connectivity index (χ0v) is 15.2. The molecule has 2 heterocycles. The fraction of sp³-hybridized carbons (Fsp3) is 0.353. The van der Waals surface area contributed by atoms with Gasteiger partial charge in [0.1, 0.15) is 5.82 Å². The fourth-order valence-corrected chi connectivity index (χ4v) is 4.96. The molecule has 2 aromatic rings. The highest BCUT2D eigenvalue weighted by Crippen LogP contribution is 2.24. The number of rotatable bonds is 5. The maximum absolute atomic E-state index is 13.0. The van der Waals surface area contributed by atoms with E-state index in [4.69, 9.17) is 0 Å². The first-order chi connectivity index (χ1) is 12.0. The lowest BCUT2D eigenvalue weighted by Crippen LogP contribution is -2.42. The zero-order valence-electron chi connectivity index (χ0n) is 13.5. The number of sulfonamides is 1. The van der Waals surface area contributed by atoms with Gasteiger partial charge in [-0.2, -0.15) is 4.31 Å². The zero-order chi connectivity index (χ0) is 17.9. The van der Waals surface area contributed by atoms with Crippen LogP contribution in [0.2, 0.25) is 0 Å². The number of piperidine rings is 1. The number of nitrogens with zero attached hydrogens (tertiary/aromatic N) is 1. The summed E-state index contributed by atoms with van der Waals surface area (Å²) in [5.74, 6) is -0.688. The molecule has 8 heteroatoms. The number of nitrogens with one attached hydrogen (secondary N) is 1. The first-order valence-electron chi connectivity index (χ1n) is 8.02. The summed E-state index contributed by atoms with van der Waals surface area (Å²) in [6, 6.07) is 8.71. The normalized spacial score (nSPS) is 16.7. The Labute approximate surface area is 150 Å². The fourth-order valence-electron chi connectivity index (χ4n) is 2.85. The second kappa shape index (κ2) is 7.63. The molecule has 0 aliphatic carbocycles. The van der Waals surface area contributed by atoms with Gasteiger partial charge in [-0.25, -0.2) is 12.8 Å². The van der Waals surface area contributed by atoms with Crippen molar-refractivity contribution in [2.24, 2.45) is 5.92 Å². The van der Waals surface area contributed by atoms with E-state index in [0.29, 0.717) is 19.4 Å². The molecule has 5 nitrogen and oxygen atoms in total. The molecule has 1 saturated heterocycles. The largest absolute Gasteiger partial charge is 0.351 e. The van der Waals surface area contributed by atoms with E-state index in [0.717, 1.165) is 17.0 Å². The van der Waals surface area contributed by atoms with Gasteiger partial charge in [0.25, 0.3) is 0 Å². The molecule has 0 unspecified atom stereocenters. The molecular formula is C17H19FN2O3S2. The van der Waals surface area contributed by atoms with Gasteiger partial charge >= 0.3 is 0 Å². The second-order valence-corrected chi connectivity index (χ2v) is 8.90. The summed E-state index contributed by atoms with van der Waals surface area (Å²) in [6.45, 7) is 1.08. The van der Waals surface area contributed by atoms with Crippen LogP contribution in [0, 0.1) is 11.7 Å². The van der Waals surface area contributed by atoms with E-state index in [1.807, 2.05) is 17.5 Å². The van der Waals surface area contributed by atoms with Gasteiger partial charge in [0, 0.05) is 23.9 Å². The van der Waals surface area contributed by atoms with E-state index in [-0.39, 0.29) is 29.8 Å². The van der Waals surface area contributed by atoms with Gasteiger partial charge in [0.05, 0.1) is 11.4 Å². The molecular weight excluding hydrogens is 363 g/mol. The van der Waals surface area contributed by atoms with Crippen LogP contribution in [0.15, 0.2) is 46.7 Å². The van der Waals surface area contributed by atoms with E-state index in [9.17, 15) is 17.6 Å². The number of amides is 1. The van der Waals surface area contributed by atoms with E-state index in [2.05, 4.69) is 5.32 Å². The van der Waals surface area contributed by atoms with Gasteiger partial charge < -0.3 is 5.32 Å². The maximum atomic E-state index is 13.0. The topological polar surface area (TPSA) is 66.5 Å². The molecule has 1 amide bonds. The van der Waals surface area contributed by atoms with Gasteiger partial charge in [-0.15, -0.1) is 11.3 Å². The van der Waals surface area contributed by atoms with Gasteiger partial charge in [-0.05, 0) is 48.6 Å². The van der Waals surface area contributed by atoms with E-state index < -0.39 is 15.8 Å². The predicted molar refractivity (Wildman–Crippen MR) is 94.0 cm³/mol. The van der Waals surface area contributed by atoms with E-state index in [1.165, 1.54) is 16.4 Å². The van der Waals surface area contributed by atoms with Crippen LogP contribution in [0.1, 0.15) is 17.7 Å². The number of hydrogen-bond acceptors (Lipinski definition) is 4. The highest BCUT2D eigenvalue weighted by atomic mass is 32.2. The van der Waals surface area contributed by atoms with Crippen molar-refractivity contribution in [1.29, 1.82) is 0 Å². The van der Waals surface area contributed by atoms with Crippen LogP contribution in [0.25, 0.3) is 0 Å². The monoisotopic (exact) mass is 382 g/mol. The SMILES string of the molecule is O=C(NCc1cccs1)C1CCN(S(=O)(=O)c2ccc(F)cc2)CC1. The average molecular weight is 382 g/mol. The second-order valence-electron chi connectivity index (χ2n) is 5.93. The van der Waals surface area contributed by atoms with Crippen molar-refractivity contribution in [3.63, 3.8) is 0 Å². The predicted octanol–water partition coefficient (Wildman–Crippen LogP) is 2.60. The number of benzene rings is 1. The van der Waals surface area contributed by atoms with Gasteiger partial charge in [-0.3, -0.25) is 4.79 Å². The molecule has 1 aromatic carbocycles. The van der Waals surface area contributed by atoms with Crippen molar-refractivity contribution in [1.82, 2.24) is 9.62 Å². The quantitative estimate of drug-likeness (QED) is 0.864. The van der Waals surface area contributed by atoms with Crippen LogP contribution in [0.5, 0.6) is 0 Å². The number of halogens is 1. The van der Waals surface area contributed by atoms with Crippen LogP contribution < -0.4 is 5.32 Å². The summed E-state index contributed by atoms with van der Waals surface area (Å²) >= 11 is 1.58. The van der Waals surface area contributed by atoms with Crippen LogP contribution in [0.3, 0.4) is 0 Å². The Morgan fingerprint density at radius 1 is 1.20 bits per heavy atom. The van der Waals surface area contributed by atoms with Crippen molar-refractivity contribution in [2.75, 3.05) is 13.1 Å². The number of carbonyl (C=O) groups is 1. The Balaban J connectivity index is 1.55. The molecule has 1 N–H and O–H groups in total. The third kappa shape index (κ3) is 4.26. The summed E-state index contributed by atoms with van der Waals surface area (Å²) in [6.07, 6.45) is 0.966. The highest BCUT2D eigenvalue weighted by molar-refractivity contribution is 7.89. The standard InChI is InChI=1S/C17H19FN2O3S2/c18-14-3-5-16(6-4-14)25(22,23)20-9-7-13(8-10-20)17(21)19-12-15-2-1-11-24-15/h1-6,11,13H,7-10,12H2,(H,19,21). The van der Waals surface area contributed by atoms with Crippen molar-refractivity contribution in [3.05, 3.63) is 52.5 Å². The first-order valence-corrected chi connectivity index (χ1v) is 10.3. The lowest BCUT2D eigenvalue weighted by atomic mass is 9.97. The van der Waals surface area contributed by atoms with Gasteiger partial charge in [-0.1, -0.05) is 6.07 Å². The first kappa shape index (κ1) is 18.0. The summed E-state index contributed by atoms with van der Waals surface area (Å²) in [7, 11) is -3.64. The van der Waals surface area contributed by atoms with Crippen molar-refractivity contribution < 1.29 is 17.6 Å². The molecule has 3 rings (SSSR count). The molecule has 1 aliphatic heterocycles. The number of carbonyl (C=O) groups excluding carboxylic acids is 1. The molecule has 0 spiro atoms. The smallest absolute Gasteiger partial charge is 0.243 e. The number of thiophene rings is 1. The molecule has 0 bridgehead atoms. The third-order valence-corrected chi connectivity index (χ3v) is 7.08. The summed E-state index contributed by atoms with van der Waals surface area (Å²) in [4.78, 5) is 13.4. The highest BCUT2D eigenvalue weighted by Gasteiger charge is 2.32.